The Labute approximate surface area is 189 Å². The van der Waals surface area contributed by atoms with E-state index < -0.39 is 0 Å². The van der Waals surface area contributed by atoms with Crippen LogP contribution >= 0.6 is 0 Å². The number of nitrogens with zero attached hydrogens (tertiary/aromatic N) is 2. The van der Waals surface area contributed by atoms with Gasteiger partial charge in [0.1, 0.15) is 0 Å². The first-order chi connectivity index (χ1) is 15.7. The molecule has 0 radical (unpaired) electrons. The fraction of sp³-hybridized carbons (Fsp3) is 0.346. The summed E-state index contributed by atoms with van der Waals surface area (Å²) in [5, 5.41) is 4.98. The molecular weight excluding hydrogens is 402 g/mol. The number of fused-ring (bicyclic) bond motifs is 1. The maximum Gasteiger partial charge on any atom is 0.272 e. The topological polar surface area (TPSA) is 72.8 Å². The third kappa shape index (κ3) is 6.06. The van der Waals surface area contributed by atoms with Crippen molar-refractivity contribution in [3.8, 4) is 11.5 Å². The molecule has 0 atom stereocenters. The van der Waals surface area contributed by atoms with Crippen LogP contribution in [0.1, 0.15) is 61.6 Å². The molecule has 0 aliphatic rings. The maximum absolute atomic E-state index is 12.9. The predicted molar refractivity (Wildman–Crippen MR) is 129 cm³/mol. The third-order valence-corrected chi connectivity index (χ3v) is 4.92. The fourth-order valence-corrected chi connectivity index (χ4v) is 3.35. The average molecular weight is 434 g/mol. The number of carbonyl (C=O) groups excluding carboxylic acids is 1. The number of unbranched alkanes of at least 4 members (excludes halogenated alkanes) is 1. The summed E-state index contributed by atoms with van der Waals surface area (Å²) in [4.78, 5) is 17.5. The minimum absolute atomic E-state index is 0.262. The van der Waals surface area contributed by atoms with Crippen LogP contribution in [0.4, 0.5) is 0 Å². The van der Waals surface area contributed by atoms with Crippen molar-refractivity contribution in [1.29, 1.82) is 0 Å². The molecule has 0 saturated heterocycles. The van der Waals surface area contributed by atoms with Crippen molar-refractivity contribution < 1.29 is 14.3 Å². The van der Waals surface area contributed by atoms with Crippen molar-refractivity contribution in [1.82, 2.24) is 10.4 Å². The lowest BCUT2D eigenvalue weighted by atomic mass is 10.1. The van der Waals surface area contributed by atoms with Gasteiger partial charge in [-0.1, -0.05) is 44.9 Å². The van der Waals surface area contributed by atoms with Crippen LogP contribution in [0, 0.1) is 0 Å². The summed E-state index contributed by atoms with van der Waals surface area (Å²) in [5.41, 5.74) is 5.75. The smallest absolute Gasteiger partial charge is 0.272 e. The van der Waals surface area contributed by atoms with E-state index in [2.05, 4.69) is 29.4 Å². The molecule has 0 aliphatic heterocycles. The normalized spacial score (nSPS) is 11.1. The summed E-state index contributed by atoms with van der Waals surface area (Å²) in [6.07, 6.45) is 5.45. The number of carbonyl (C=O) groups is 1. The molecule has 2 aromatic carbocycles. The molecule has 6 heteroatoms. The van der Waals surface area contributed by atoms with Gasteiger partial charge in [-0.05, 0) is 55.7 Å². The lowest BCUT2D eigenvalue weighted by Gasteiger charge is -2.12. The minimum Gasteiger partial charge on any atom is -0.490 e. The van der Waals surface area contributed by atoms with Gasteiger partial charge in [-0.25, -0.2) is 5.43 Å². The van der Waals surface area contributed by atoms with Crippen molar-refractivity contribution in [2.45, 2.75) is 46.5 Å². The number of benzene rings is 2. The molecule has 0 saturated carbocycles. The largest absolute Gasteiger partial charge is 0.490 e. The Bertz CT molecular complexity index is 1080. The van der Waals surface area contributed by atoms with E-state index in [-0.39, 0.29) is 5.91 Å². The summed E-state index contributed by atoms with van der Waals surface area (Å²) in [6, 6.07) is 15.1. The monoisotopic (exact) mass is 433 g/mol. The van der Waals surface area contributed by atoms with Crippen molar-refractivity contribution in [2.24, 2.45) is 5.10 Å². The summed E-state index contributed by atoms with van der Waals surface area (Å²) in [6.45, 7) is 7.34. The highest BCUT2D eigenvalue weighted by atomic mass is 16.5. The number of pyridine rings is 1. The van der Waals surface area contributed by atoms with Crippen LogP contribution in [0.5, 0.6) is 11.5 Å². The first-order valence-electron chi connectivity index (χ1n) is 11.3. The van der Waals surface area contributed by atoms with Crippen molar-refractivity contribution in [3.05, 3.63) is 65.4 Å². The quantitative estimate of drug-likeness (QED) is 0.245. The number of amides is 1. The van der Waals surface area contributed by atoms with Gasteiger partial charge in [0.05, 0.1) is 30.5 Å². The van der Waals surface area contributed by atoms with E-state index in [9.17, 15) is 4.79 Å². The van der Waals surface area contributed by atoms with E-state index in [4.69, 9.17) is 9.47 Å². The highest BCUT2D eigenvalue weighted by Gasteiger charge is 2.12. The van der Waals surface area contributed by atoms with Crippen molar-refractivity contribution >= 4 is 23.0 Å². The van der Waals surface area contributed by atoms with Gasteiger partial charge in [0.25, 0.3) is 5.91 Å². The Morgan fingerprint density at radius 2 is 1.88 bits per heavy atom. The van der Waals surface area contributed by atoms with Gasteiger partial charge in [-0.3, -0.25) is 9.78 Å². The Kier molecular flexibility index (Phi) is 8.61. The van der Waals surface area contributed by atoms with E-state index in [0.717, 1.165) is 47.8 Å². The van der Waals surface area contributed by atoms with Gasteiger partial charge in [-0.15, -0.1) is 0 Å². The van der Waals surface area contributed by atoms with E-state index >= 15 is 0 Å². The number of hydrogen-bond acceptors (Lipinski definition) is 5. The zero-order chi connectivity index (χ0) is 22.8. The van der Waals surface area contributed by atoms with Crippen LogP contribution in [-0.4, -0.2) is 30.3 Å². The Hall–Kier alpha value is -3.41. The molecule has 1 heterocycles. The first-order valence-corrected chi connectivity index (χ1v) is 11.3. The van der Waals surface area contributed by atoms with Crippen LogP contribution in [0.3, 0.4) is 0 Å². The van der Waals surface area contributed by atoms with Gasteiger partial charge >= 0.3 is 0 Å². The maximum atomic E-state index is 12.9. The van der Waals surface area contributed by atoms with E-state index in [1.54, 1.807) is 6.21 Å². The van der Waals surface area contributed by atoms with Gasteiger partial charge in [0.15, 0.2) is 11.5 Å². The first kappa shape index (κ1) is 23.3. The molecule has 168 valence electrons. The lowest BCUT2D eigenvalue weighted by molar-refractivity contribution is 0.0956. The van der Waals surface area contributed by atoms with Crippen LogP contribution in [-0.2, 0) is 6.42 Å². The average Bonchev–Trinajstić information content (AvgIpc) is 2.80. The van der Waals surface area contributed by atoms with Crippen LogP contribution in [0.15, 0.2) is 53.6 Å². The SMILES string of the molecule is CCCCOc1ccc(/C=N\NC(=O)c2cc(CCC)nc3ccccc23)cc1OCC. The molecule has 1 amide bonds. The van der Waals surface area contributed by atoms with E-state index in [1.807, 2.05) is 55.5 Å². The number of nitrogens with one attached hydrogen (secondary N) is 1. The number of aromatic nitrogens is 1. The van der Waals surface area contributed by atoms with Crippen LogP contribution in [0.25, 0.3) is 10.9 Å². The summed E-state index contributed by atoms with van der Waals surface area (Å²) in [7, 11) is 0. The van der Waals surface area contributed by atoms with Crippen LogP contribution < -0.4 is 14.9 Å². The second-order valence-corrected chi connectivity index (χ2v) is 7.47. The molecular formula is C26H31N3O3. The van der Waals surface area contributed by atoms with Crippen molar-refractivity contribution in [2.75, 3.05) is 13.2 Å². The Balaban J connectivity index is 1.76. The standard InChI is InChI=1S/C26H31N3O3/c1-4-7-15-32-24-14-13-19(16-25(24)31-6-3)18-27-29-26(30)22-17-20(10-5-2)28-23-12-9-8-11-21(22)23/h8-9,11-14,16-18H,4-7,10,15H2,1-3H3,(H,29,30)/b27-18-. The number of ether oxygens (including phenoxy) is 2. The molecule has 0 aliphatic carbocycles. The lowest BCUT2D eigenvalue weighted by Crippen LogP contribution is -2.18. The minimum atomic E-state index is -0.262. The second-order valence-electron chi connectivity index (χ2n) is 7.47. The number of aryl methyl sites for hydroxylation is 1. The zero-order valence-corrected chi connectivity index (χ0v) is 19.1. The summed E-state index contributed by atoms with van der Waals surface area (Å²) < 4.78 is 11.5. The molecule has 0 fully saturated rings. The Morgan fingerprint density at radius 1 is 1.03 bits per heavy atom. The van der Waals surface area contributed by atoms with Crippen LogP contribution in [0.2, 0.25) is 0 Å². The highest BCUT2D eigenvalue weighted by molar-refractivity contribution is 6.06. The Morgan fingerprint density at radius 3 is 2.66 bits per heavy atom. The number of para-hydroxylation sites is 1. The number of hydrogen-bond donors (Lipinski definition) is 1. The molecule has 1 N–H and O–H groups in total. The molecule has 3 aromatic rings. The molecule has 3 rings (SSSR count). The summed E-state index contributed by atoms with van der Waals surface area (Å²) >= 11 is 0. The molecule has 0 unspecified atom stereocenters. The van der Waals surface area contributed by atoms with Gasteiger partial charge in [0, 0.05) is 11.1 Å². The fourth-order valence-electron chi connectivity index (χ4n) is 3.35. The molecule has 0 bridgehead atoms. The van der Waals surface area contributed by atoms with Gasteiger partial charge in [0.2, 0.25) is 0 Å². The van der Waals surface area contributed by atoms with E-state index in [0.29, 0.717) is 30.3 Å². The van der Waals surface area contributed by atoms with Crippen molar-refractivity contribution in [3.63, 3.8) is 0 Å². The molecule has 1 aromatic heterocycles. The van der Waals surface area contributed by atoms with Gasteiger partial charge in [-0.2, -0.15) is 5.10 Å². The second kappa shape index (κ2) is 11.8. The van der Waals surface area contributed by atoms with Gasteiger partial charge < -0.3 is 9.47 Å². The predicted octanol–water partition coefficient (Wildman–Crippen LogP) is 5.53. The number of rotatable bonds is 11. The molecule has 32 heavy (non-hydrogen) atoms. The molecule has 6 nitrogen and oxygen atoms in total. The molecule has 0 spiro atoms. The van der Waals surface area contributed by atoms with E-state index in [1.165, 1.54) is 0 Å². The summed E-state index contributed by atoms with van der Waals surface area (Å²) in [5.74, 6) is 1.12. The highest BCUT2D eigenvalue weighted by Crippen LogP contribution is 2.28. The third-order valence-electron chi connectivity index (χ3n) is 4.92. The zero-order valence-electron chi connectivity index (χ0n) is 19.1. The number of hydrazone groups is 1.